The molecule has 2 rings (SSSR count). The van der Waals surface area contributed by atoms with Gasteiger partial charge in [-0.15, -0.1) is 11.6 Å². The Bertz CT molecular complexity index is 610. The quantitative estimate of drug-likeness (QED) is 0.619. The van der Waals surface area contributed by atoms with Crippen LogP contribution >= 0.6 is 46.6 Å². The van der Waals surface area contributed by atoms with E-state index >= 15 is 0 Å². The number of fused-ring (bicyclic) bond motifs is 1. The predicted octanol–water partition coefficient (Wildman–Crippen LogP) is 5.96. The summed E-state index contributed by atoms with van der Waals surface area (Å²) in [5.41, 5.74) is 1.84. The Morgan fingerprint density at radius 3 is 2.50 bits per heavy atom. The van der Waals surface area contributed by atoms with Crippen LogP contribution in [-0.2, 0) is 0 Å². The summed E-state index contributed by atoms with van der Waals surface area (Å²) in [7, 11) is 0. The van der Waals surface area contributed by atoms with E-state index in [9.17, 15) is 0 Å². The first kappa shape index (κ1) is 16.3. The minimum atomic E-state index is -0.156. The van der Waals surface area contributed by atoms with Gasteiger partial charge in [0.1, 0.15) is 5.82 Å². The molecule has 1 heterocycles. The second-order valence-corrected chi connectivity index (χ2v) is 7.30. The standard InChI is InChI=1S/C14H17Cl3N2S/c1-8(4-5-20-3)19-13-7-11(17)10(16)6-12(13)18-14(19)9(2)15/h6-9H,4-5H2,1-3H3. The van der Waals surface area contributed by atoms with Gasteiger partial charge >= 0.3 is 0 Å². The number of halogens is 3. The number of hydrogen-bond acceptors (Lipinski definition) is 2. The summed E-state index contributed by atoms with van der Waals surface area (Å²) in [5, 5.41) is 0.914. The van der Waals surface area contributed by atoms with Crippen molar-refractivity contribution < 1.29 is 0 Å². The summed E-state index contributed by atoms with van der Waals surface area (Å²) in [6, 6.07) is 4.01. The minimum absolute atomic E-state index is 0.156. The molecule has 0 bridgehead atoms. The summed E-state index contributed by atoms with van der Waals surface area (Å²) in [6.45, 7) is 4.12. The van der Waals surface area contributed by atoms with E-state index in [2.05, 4.69) is 22.7 Å². The fraction of sp³-hybridized carbons (Fsp3) is 0.500. The zero-order chi connectivity index (χ0) is 14.9. The fourth-order valence-electron chi connectivity index (χ4n) is 2.27. The Kier molecular flexibility index (Phi) is 5.52. The lowest BCUT2D eigenvalue weighted by Gasteiger charge is -2.18. The third-order valence-corrected chi connectivity index (χ3v) is 4.86. The number of alkyl halides is 1. The number of imidazole rings is 1. The van der Waals surface area contributed by atoms with Crippen molar-refractivity contribution in [1.82, 2.24) is 9.55 Å². The van der Waals surface area contributed by atoms with Gasteiger partial charge < -0.3 is 4.57 Å². The van der Waals surface area contributed by atoms with Crippen LogP contribution in [0.25, 0.3) is 11.0 Å². The summed E-state index contributed by atoms with van der Waals surface area (Å²) < 4.78 is 2.19. The van der Waals surface area contributed by atoms with Gasteiger partial charge in [0.25, 0.3) is 0 Å². The molecular weight excluding hydrogens is 335 g/mol. The maximum atomic E-state index is 6.28. The lowest BCUT2D eigenvalue weighted by atomic mass is 10.2. The Morgan fingerprint density at radius 2 is 1.90 bits per heavy atom. The third kappa shape index (κ3) is 3.22. The van der Waals surface area contributed by atoms with Crippen molar-refractivity contribution in [1.29, 1.82) is 0 Å². The first-order valence-electron chi connectivity index (χ1n) is 6.45. The summed E-state index contributed by atoms with van der Waals surface area (Å²) >= 11 is 20.3. The molecule has 0 N–H and O–H groups in total. The second kappa shape index (κ2) is 6.78. The van der Waals surface area contributed by atoms with E-state index in [1.807, 2.05) is 24.8 Å². The average Bonchev–Trinajstić information content (AvgIpc) is 2.75. The predicted molar refractivity (Wildman–Crippen MR) is 91.7 cm³/mol. The van der Waals surface area contributed by atoms with Gasteiger partial charge in [-0.25, -0.2) is 4.98 Å². The molecule has 2 atom stereocenters. The van der Waals surface area contributed by atoms with E-state index < -0.39 is 0 Å². The summed E-state index contributed by atoms with van der Waals surface area (Å²) in [5.74, 6) is 1.96. The largest absolute Gasteiger partial charge is 0.324 e. The van der Waals surface area contributed by atoms with Crippen LogP contribution in [0.1, 0.15) is 37.5 Å². The van der Waals surface area contributed by atoms with Crippen LogP contribution < -0.4 is 0 Å². The highest BCUT2D eigenvalue weighted by Gasteiger charge is 2.20. The van der Waals surface area contributed by atoms with Crippen molar-refractivity contribution in [3.63, 3.8) is 0 Å². The highest BCUT2D eigenvalue weighted by molar-refractivity contribution is 7.98. The highest BCUT2D eigenvalue weighted by Crippen LogP contribution is 2.34. The van der Waals surface area contributed by atoms with Crippen molar-refractivity contribution in [2.45, 2.75) is 31.7 Å². The van der Waals surface area contributed by atoms with Crippen LogP contribution in [0.2, 0.25) is 10.0 Å². The van der Waals surface area contributed by atoms with Gasteiger partial charge in [-0.2, -0.15) is 11.8 Å². The Balaban J connectivity index is 2.58. The SMILES string of the molecule is CSCCC(C)n1c(C(C)Cl)nc2cc(Cl)c(Cl)cc21. The zero-order valence-corrected chi connectivity index (χ0v) is 14.7. The lowest BCUT2D eigenvalue weighted by molar-refractivity contribution is 0.526. The fourth-order valence-corrected chi connectivity index (χ4v) is 3.32. The van der Waals surface area contributed by atoms with Gasteiger partial charge in [-0.3, -0.25) is 0 Å². The van der Waals surface area contributed by atoms with Gasteiger partial charge in [0, 0.05) is 6.04 Å². The maximum absolute atomic E-state index is 6.28. The third-order valence-electron chi connectivity index (χ3n) is 3.30. The number of aromatic nitrogens is 2. The van der Waals surface area contributed by atoms with E-state index in [0.717, 1.165) is 29.0 Å². The molecule has 0 aliphatic heterocycles. The van der Waals surface area contributed by atoms with Gasteiger partial charge in [-0.05, 0) is 44.4 Å². The number of nitrogens with zero attached hydrogens (tertiary/aromatic N) is 2. The van der Waals surface area contributed by atoms with Crippen LogP contribution in [0.5, 0.6) is 0 Å². The zero-order valence-electron chi connectivity index (χ0n) is 11.7. The van der Waals surface area contributed by atoms with E-state index in [1.165, 1.54) is 0 Å². The normalized spacial score (nSPS) is 14.7. The molecule has 0 saturated heterocycles. The second-order valence-electron chi connectivity index (χ2n) is 4.84. The molecule has 6 heteroatoms. The number of benzene rings is 1. The number of rotatable bonds is 5. The summed E-state index contributed by atoms with van der Waals surface area (Å²) in [4.78, 5) is 4.62. The van der Waals surface area contributed by atoms with Crippen LogP contribution in [0.15, 0.2) is 12.1 Å². The number of thioether (sulfide) groups is 1. The van der Waals surface area contributed by atoms with Gasteiger partial charge in [0.2, 0.25) is 0 Å². The van der Waals surface area contributed by atoms with Gasteiger partial charge in [0.05, 0.1) is 26.5 Å². The van der Waals surface area contributed by atoms with Crippen molar-refractivity contribution in [3.8, 4) is 0 Å². The molecular formula is C14H17Cl3N2S. The van der Waals surface area contributed by atoms with Crippen molar-refractivity contribution in [2.75, 3.05) is 12.0 Å². The number of hydrogen-bond donors (Lipinski definition) is 0. The lowest BCUT2D eigenvalue weighted by Crippen LogP contribution is -2.10. The van der Waals surface area contributed by atoms with E-state index in [-0.39, 0.29) is 5.38 Å². The van der Waals surface area contributed by atoms with Crippen LogP contribution in [-0.4, -0.2) is 21.6 Å². The smallest absolute Gasteiger partial charge is 0.127 e. The molecule has 1 aromatic carbocycles. The van der Waals surface area contributed by atoms with Crippen LogP contribution in [0, 0.1) is 0 Å². The van der Waals surface area contributed by atoms with Gasteiger partial charge in [0.15, 0.2) is 0 Å². The van der Waals surface area contributed by atoms with Crippen LogP contribution in [0.3, 0.4) is 0 Å². The topological polar surface area (TPSA) is 17.8 Å². The average molecular weight is 352 g/mol. The molecule has 0 aliphatic carbocycles. The first-order chi connectivity index (χ1) is 9.45. The maximum Gasteiger partial charge on any atom is 0.127 e. The van der Waals surface area contributed by atoms with Crippen molar-refractivity contribution in [3.05, 3.63) is 28.0 Å². The van der Waals surface area contributed by atoms with E-state index in [4.69, 9.17) is 34.8 Å². The minimum Gasteiger partial charge on any atom is -0.324 e. The van der Waals surface area contributed by atoms with Crippen molar-refractivity contribution >= 4 is 57.6 Å². The molecule has 0 radical (unpaired) electrons. The molecule has 0 aliphatic rings. The molecule has 20 heavy (non-hydrogen) atoms. The summed E-state index contributed by atoms with van der Waals surface area (Å²) in [6.07, 6.45) is 3.17. The molecule has 0 fully saturated rings. The first-order valence-corrected chi connectivity index (χ1v) is 9.04. The van der Waals surface area contributed by atoms with E-state index in [0.29, 0.717) is 16.1 Å². The Labute approximate surface area is 138 Å². The van der Waals surface area contributed by atoms with Crippen LogP contribution in [0.4, 0.5) is 0 Å². The van der Waals surface area contributed by atoms with Gasteiger partial charge in [-0.1, -0.05) is 23.2 Å². The Morgan fingerprint density at radius 1 is 1.25 bits per heavy atom. The van der Waals surface area contributed by atoms with E-state index in [1.54, 1.807) is 6.07 Å². The molecule has 0 amide bonds. The molecule has 2 nitrogen and oxygen atoms in total. The highest BCUT2D eigenvalue weighted by atomic mass is 35.5. The monoisotopic (exact) mass is 350 g/mol. The molecule has 0 saturated carbocycles. The molecule has 2 unspecified atom stereocenters. The molecule has 0 spiro atoms. The molecule has 110 valence electrons. The molecule has 2 aromatic rings. The Hall–Kier alpha value is -0.0900. The van der Waals surface area contributed by atoms with Crippen molar-refractivity contribution in [2.24, 2.45) is 0 Å². The molecule has 1 aromatic heterocycles.